The van der Waals surface area contributed by atoms with E-state index >= 15 is 0 Å². The number of anilines is 1. The quantitative estimate of drug-likeness (QED) is 0.599. The number of aryl methyl sites for hydroxylation is 2. The average Bonchev–Trinajstić information content (AvgIpc) is 3.18. The zero-order valence-corrected chi connectivity index (χ0v) is 14.7. The highest BCUT2D eigenvalue weighted by Gasteiger charge is 2.14. The molecule has 5 nitrogen and oxygen atoms in total. The number of aromatic nitrogens is 3. The van der Waals surface area contributed by atoms with Crippen LogP contribution in [0.4, 0.5) is 5.69 Å². The van der Waals surface area contributed by atoms with Crippen molar-refractivity contribution in [1.29, 1.82) is 0 Å². The predicted molar refractivity (Wildman–Crippen MR) is 100 cm³/mol. The van der Waals surface area contributed by atoms with Crippen LogP contribution in [0, 0.1) is 13.8 Å². The average molecular weight is 348 g/mol. The molecule has 0 radical (unpaired) electrons. The monoisotopic (exact) mass is 348 g/mol. The molecule has 0 bridgehead atoms. The molecule has 0 aliphatic heterocycles. The molecule has 4 rings (SSSR count). The first-order valence-corrected chi connectivity index (χ1v) is 8.71. The topological polar surface area (TPSA) is 59.3 Å². The molecular formula is C19H16N4OS. The SMILES string of the molecule is Cc1nc(C)c(C(=O)Nc2ccc(-c3cn4ccccc4n3)cc2)s1. The van der Waals surface area contributed by atoms with Crippen LogP contribution in [0.1, 0.15) is 20.4 Å². The summed E-state index contributed by atoms with van der Waals surface area (Å²) in [7, 11) is 0. The standard InChI is InChI=1S/C19H16N4OS/c1-12-18(25-13(2)20-12)19(24)21-15-8-6-14(7-9-15)16-11-23-10-4-3-5-17(23)22-16/h3-11H,1-2H3,(H,21,24). The van der Waals surface area contributed by atoms with E-state index in [0.717, 1.165) is 33.3 Å². The molecular weight excluding hydrogens is 332 g/mol. The molecule has 0 aliphatic rings. The van der Waals surface area contributed by atoms with E-state index < -0.39 is 0 Å². The van der Waals surface area contributed by atoms with Crippen molar-refractivity contribution in [1.82, 2.24) is 14.4 Å². The first-order chi connectivity index (χ1) is 12.1. The zero-order chi connectivity index (χ0) is 17.4. The van der Waals surface area contributed by atoms with Gasteiger partial charge < -0.3 is 9.72 Å². The summed E-state index contributed by atoms with van der Waals surface area (Å²) in [6.45, 7) is 3.75. The number of nitrogens with zero attached hydrogens (tertiary/aromatic N) is 3. The van der Waals surface area contributed by atoms with Gasteiger partial charge in [-0.2, -0.15) is 0 Å². The summed E-state index contributed by atoms with van der Waals surface area (Å²) in [5.74, 6) is -0.122. The lowest BCUT2D eigenvalue weighted by Gasteiger charge is -2.05. The minimum absolute atomic E-state index is 0.122. The highest BCUT2D eigenvalue weighted by atomic mass is 32.1. The second kappa shape index (κ2) is 6.14. The Labute approximate surface area is 149 Å². The van der Waals surface area contributed by atoms with Crippen LogP contribution in [0.25, 0.3) is 16.9 Å². The normalized spacial score (nSPS) is 11.0. The number of benzene rings is 1. The number of carbonyl (C=O) groups excluding carboxylic acids is 1. The Morgan fingerprint density at radius 1 is 1.08 bits per heavy atom. The molecule has 4 aromatic rings. The van der Waals surface area contributed by atoms with E-state index in [4.69, 9.17) is 0 Å². The maximum Gasteiger partial charge on any atom is 0.267 e. The molecule has 1 amide bonds. The van der Waals surface area contributed by atoms with Gasteiger partial charge in [0.1, 0.15) is 10.5 Å². The van der Waals surface area contributed by atoms with Crippen LogP contribution in [-0.4, -0.2) is 20.3 Å². The van der Waals surface area contributed by atoms with Gasteiger partial charge in [0.05, 0.1) is 16.4 Å². The van der Waals surface area contributed by atoms with Gasteiger partial charge in [-0.1, -0.05) is 18.2 Å². The van der Waals surface area contributed by atoms with Crippen molar-refractivity contribution in [3.05, 3.63) is 70.4 Å². The second-order valence-electron chi connectivity index (χ2n) is 5.77. The van der Waals surface area contributed by atoms with Crippen LogP contribution in [0.5, 0.6) is 0 Å². The summed E-state index contributed by atoms with van der Waals surface area (Å²) < 4.78 is 1.99. The fourth-order valence-corrected chi connectivity index (χ4v) is 3.54. The molecule has 0 fully saturated rings. The van der Waals surface area contributed by atoms with Gasteiger partial charge in [-0.15, -0.1) is 11.3 Å². The molecule has 1 aromatic carbocycles. The first kappa shape index (κ1) is 15.5. The Hall–Kier alpha value is -2.99. The van der Waals surface area contributed by atoms with Crippen LogP contribution in [0.2, 0.25) is 0 Å². The van der Waals surface area contributed by atoms with Crippen LogP contribution >= 0.6 is 11.3 Å². The van der Waals surface area contributed by atoms with E-state index in [9.17, 15) is 4.79 Å². The molecule has 0 aliphatic carbocycles. The van der Waals surface area contributed by atoms with Crippen molar-refractivity contribution in [2.45, 2.75) is 13.8 Å². The summed E-state index contributed by atoms with van der Waals surface area (Å²) >= 11 is 1.41. The maximum absolute atomic E-state index is 12.4. The molecule has 25 heavy (non-hydrogen) atoms. The van der Waals surface area contributed by atoms with Gasteiger partial charge in [-0.05, 0) is 38.1 Å². The number of amides is 1. The Morgan fingerprint density at radius 2 is 1.88 bits per heavy atom. The van der Waals surface area contributed by atoms with Gasteiger partial charge in [-0.3, -0.25) is 4.79 Å². The van der Waals surface area contributed by atoms with E-state index in [2.05, 4.69) is 15.3 Å². The third-order valence-corrected chi connectivity index (χ3v) is 4.98. The Morgan fingerprint density at radius 3 is 2.56 bits per heavy atom. The van der Waals surface area contributed by atoms with Crippen molar-refractivity contribution in [3.8, 4) is 11.3 Å². The van der Waals surface area contributed by atoms with Gasteiger partial charge in [-0.25, -0.2) is 9.97 Å². The van der Waals surface area contributed by atoms with Gasteiger partial charge in [0.2, 0.25) is 0 Å². The van der Waals surface area contributed by atoms with Gasteiger partial charge in [0.25, 0.3) is 5.91 Å². The summed E-state index contributed by atoms with van der Waals surface area (Å²) in [4.78, 5) is 21.9. The number of carbonyl (C=O) groups is 1. The minimum atomic E-state index is -0.122. The van der Waals surface area contributed by atoms with E-state index in [-0.39, 0.29) is 5.91 Å². The molecule has 0 saturated heterocycles. The largest absolute Gasteiger partial charge is 0.321 e. The lowest BCUT2D eigenvalue weighted by Crippen LogP contribution is -2.11. The number of imidazole rings is 1. The van der Waals surface area contributed by atoms with Crippen LogP contribution in [-0.2, 0) is 0 Å². The zero-order valence-electron chi connectivity index (χ0n) is 13.9. The second-order valence-corrected chi connectivity index (χ2v) is 6.97. The lowest BCUT2D eigenvalue weighted by atomic mass is 10.1. The summed E-state index contributed by atoms with van der Waals surface area (Å²) in [6, 6.07) is 13.6. The highest BCUT2D eigenvalue weighted by Crippen LogP contribution is 2.23. The summed E-state index contributed by atoms with van der Waals surface area (Å²) in [5, 5.41) is 3.82. The fourth-order valence-electron chi connectivity index (χ4n) is 2.73. The maximum atomic E-state index is 12.4. The number of hydrogen-bond donors (Lipinski definition) is 1. The van der Waals surface area contributed by atoms with Crippen molar-refractivity contribution in [2.24, 2.45) is 0 Å². The number of fused-ring (bicyclic) bond motifs is 1. The molecule has 3 heterocycles. The number of thiazole rings is 1. The predicted octanol–water partition coefficient (Wildman–Crippen LogP) is 4.33. The molecule has 6 heteroatoms. The number of pyridine rings is 1. The molecule has 0 saturated carbocycles. The number of rotatable bonds is 3. The minimum Gasteiger partial charge on any atom is -0.321 e. The van der Waals surface area contributed by atoms with E-state index in [0.29, 0.717) is 4.88 Å². The Balaban J connectivity index is 1.55. The highest BCUT2D eigenvalue weighted by molar-refractivity contribution is 7.13. The summed E-state index contributed by atoms with van der Waals surface area (Å²) in [6.07, 6.45) is 3.96. The molecule has 0 spiro atoms. The molecule has 0 unspecified atom stereocenters. The van der Waals surface area contributed by atoms with Crippen molar-refractivity contribution in [2.75, 3.05) is 5.32 Å². The molecule has 124 valence electrons. The van der Waals surface area contributed by atoms with Gasteiger partial charge >= 0.3 is 0 Å². The van der Waals surface area contributed by atoms with Crippen molar-refractivity contribution in [3.63, 3.8) is 0 Å². The van der Waals surface area contributed by atoms with E-state index in [1.54, 1.807) is 0 Å². The fraction of sp³-hybridized carbons (Fsp3) is 0.105. The van der Waals surface area contributed by atoms with Crippen molar-refractivity contribution < 1.29 is 4.79 Å². The van der Waals surface area contributed by atoms with E-state index in [1.165, 1.54) is 11.3 Å². The van der Waals surface area contributed by atoms with Crippen molar-refractivity contribution >= 4 is 28.6 Å². The number of nitrogens with one attached hydrogen (secondary N) is 1. The third-order valence-electron chi connectivity index (χ3n) is 3.91. The molecule has 3 aromatic heterocycles. The number of hydrogen-bond acceptors (Lipinski definition) is 4. The van der Waals surface area contributed by atoms with Crippen LogP contribution in [0.15, 0.2) is 54.9 Å². The Kier molecular flexibility index (Phi) is 3.82. The Bertz CT molecular complexity index is 1030. The first-order valence-electron chi connectivity index (χ1n) is 7.90. The lowest BCUT2D eigenvalue weighted by molar-refractivity contribution is 0.103. The smallest absolute Gasteiger partial charge is 0.267 e. The van der Waals surface area contributed by atoms with Crippen LogP contribution in [0.3, 0.4) is 0 Å². The van der Waals surface area contributed by atoms with E-state index in [1.807, 2.05) is 73.1 Å². The summed E-state index contributed by atoms with van der Waals surface area (Å²) in [5.41, 5.74) is 4.33. The third kappa shape index (κ3) is 3.04. The molecule has 1 N–H and O–H groups in total. The van der Waals surface area contributed by atoms with Gasteiger partial charge in [0, 0.05) is 23.6 Å². The van der Waals surface area contributed by atoms with Gasteiger partial charge in [0.15, 0.2) is 0 Å². The van der Waals surface area contributed by atoms with Crippen LogP contribution < -0.4 is 5.32 Å². The molecule has 0 atom stereocenters.